The molecule has 0 amide bonds. The van der Waals surface area contributed by atoms with Gasteiger partial charge in [0.2, 0.25) is 17.6 Å². The Hall–Kier alpha value is -3.20. The number of carbonyl (C=O) groups is 2. The van der Waals surface area contributed by atoms with Crippen molar-refractivity contribution in [1.29, 1.82) is 0 Å². The van der Waals surface area contributed by atoms with E-state index in [2.05, 4.69) is 15.1 Å². The summed E-state index contributed by atoms with van der Waals surface area (Å²) in [6.07, 6.45) is 4.66. The number of esters is 1. The molecular formula is C20H22N4O5. The summed E-state index contributed by atoms with van der Waals surface area (Å²) in [7, 11) is 0. The van der Waals surface area contributed by atoms with Gasteiger partial charge in [0.05, 0.1) is 32.4 Å². The molecule has 0 radical (unpaired) electrons. The summed E-state index contributed by atoms with van der Waals surface area (Å²) >= 11 is 0. The number of morpholine rings is 1. The summed E-state index contributed by atoms with van der Waals surface area (Å²) < 4.78 is 16.3. The number of aromatic nitrogens is 2. The van der Waals surface area contributed by atoms with E-state index in [9.17, 15) is 9.59 Å². The molecule has 29 heavy (non-hydrogen) atoms. The molecule has 0 aliphatic carbocycles. The van der Waals surface area contributed by atoms with Crippen molar-refractivity contribution < 1.29 is 23.8 Å². The summed E-state index contributed by atoms with van der Waals surface area (Å²) in [6, 6.07) is 3.70. The predicted octanol–water partition coefficient (Wildman–Crippen LogP) is 1.72. The van der Waals surface area contributed by atoms with E-state index in [4.69, 9.17) is 14.2 Å². The Kier molecular flexibility index (Phi) is 5.30. The zero-order valence-corrected chi connectivity index (χ0v) is 16.3. The third kappa shape index (κ3) is 4.00. The van der Waals surface area contributed by atoms with Gasteiger partial charge in [-0.25, -0.2) is 4.98 Å². The number of pyridine rings is 1. The highest BCUT2D eigenvalue weighted by atomic mass is 16.6. The molecule has 2 aromatic heterocycles. The van der Waals surface area contributed by atoms with Crippen molar-refractivity contribution >= 4 is 34.8 Å². The van der Waals surface area contributed by atoms with Crippen molar-refractivity contribution in [3.63, 3.8) is 0 Å². The molecule has 152 valence electrons. The van der Waals surface area contributed by atoms with Crippen LogP contribution in [0.15, 0.2) is 35.4 Å². The Balaban J connectivity index is 1.68. The van der Waals surface area contributed by atoms with E-state index in [-0.39, 0.29) is 17.8 Å². The maximum Gasteiger partial charge on any atom is 0.326 e. The maximum absolute atomic E-state index is 13.0. The van der Waals surface area contributed by atoms with Crippen LogP contribution in [0.2, 0.25) is 0 Å². The minimum absolute atomic E-state index is 0.0340. The van der Waals surface area contributed by atoms with E-state index >= 15 is 0 Å². The van der Waals surface area contributed by atoms with Gasteiger partial charge >= 0.3 is 5.97 Å². The maximum atomic E-state index is 13.0. The molecule has 0 aromatic carbocycles. The number of Topliss-reactive ketones (excluding diaryl/α,β-unsaturated/α-hetero) is 1. The Morgan fingerprint density at radius 1 is 1.41 bits per heavy atom. The van der Waals surface area contributed by atoms with Crippen molar-refractivity contribution in [2.75, 3.05) is 26.3 Å². The molecule has 0 spiro atoms. The molecule has 2 fully saturated rings. The molecule has 2 saturated heterocycles. The molecule has 0 bridgehead atoms. The lowest BCUT2D eigenvalue weighted by Crippen LogP contribution is -2.36. The number of allylic oxidation sites excluding steroid dienone is 1. The van der Waals surface area contributed by atoms with Crippen molar-refractivity contribution in [1.82, 2.24) is 15.0 Å². The topological polar surface area (TPSA) is 106 Å². The normalized spacial score (nSPS) is 22.7. The number of H-pyrrole nitrogens is 1. The first-order chi connectivity index (χ1) is 14.0. The van der Waals surface area contributed by atoms with E-state index in [1.165, 1.54) is 0 Å². The molecule has 1 atom stereocenters. The van der Waals surface area contributed by atoms with Crippen molar-refractivity contribution in [3.8, 4) is 0 Å². The number of fused-ring (bicyclic) bond motifs is 1. The number of aromatic amines is 1. The van der Waals surface area contributed by atoms with E-state index in [1.54, 1.807) is 37.3 Å². The van der Waals surface area contributed by atoms with Gasteiger partial charge in [-0.15, -0.1) is 5.10 Å². The summed E-state index contributed by atoms with van der Waals surface area (Å²) in [4.78, 5) is 32.9. The smallest absolute Gasteiger partial charge is 0.326 e. The molecule has 9 heteroatoms. The third-order valence-electron chi connectivity index (χ3n) is 4.55. The Morgan fingerprint density at radius 2 is 2.21 bits per heavy atom. The van der Waals surface area contributed by atoms with Gasteiger partial charge < -0.3 is 19.2 Å². The highest BCUT2D eigenvalue weighted by Gasteiger charge is 2.45. The molecule has 4 heterocycles. The monoisotopic (exact) mass is 398 g/mol. The lowest BCUT2D eigenvalue weighted by atomic mass is 10.0. The number of nitrogens with zero attached hydrogens (tertiary/aromatic N) is 3. The number of hydrogen-bond donors (Lipinski definition) is 1. The molecule has 1 N–H and O–H groups in total. The second-order valence-electron chi connectivity index (χ2n) is 7.04. The number of ketones is 1. The van der Waals surface area contributed by atoms with Crippen LogP contribution in [-0.4, -0.2) is 65.0 Å². The number of hydrazone groups is 1. The summed E-state index contributed by atoms with van der Waals surface area (Å²) in [5, 5.41) is 6.98. The lowest BCUT2D eigenvalue weighted by Gasteiger charge is -2.24. The molecular weight excluding hydrogens is 376 g/mol. The Morgan fingerprint density at radius 3 is 2.97 bits per heavy atom. The summed E-state index contributed by atoms with van der Waals surface area (Å²) in [5.74, 6) is -2.27. The van der Waals surface area contributed by atoms with Crippen molar-refractivity contribution in [3.05, 3.63) is 35.8 Å². The van der Waals surface area contributed by atoms with Crippen molar-refractivity contribution in [2.24, 2.45) is 11.0 Å². The number of ether oxygens (including phenoxy) is 3. The summed E-state index contributed by atoms with van der Waals surface area (Å²) in [6.45, 7) is 5.62. The van der Waals surface area contributed by atoms with Gasteiger partial charge in [-0.1, -0.05) is 0 Å². The van der Waals surface area contributed by atoms with Crippen LogP contribution < -0.4 is 0 Å². The minimum Gasteiger partial charge on any atom is -0.462 e. The molecule has 2 aromatic rings. The number of nitrogens with one attached hydrogen (secondary N) is 1. The molecule has 2 aliphatic heterocycles. The van der Waals surface area contributed by atoms with Gasteiger partial charge in [0, 0.05) is 23.3 Å². The average Bonchev–Trinajstić information content (AvgIpc) is 3.24. The number of hydrogen-bond acceptors (Lipinski definition) is 8. The highest BCUT2D eigenvalue weighted by Crippen LogP contribution is 2.28. The van der Waals surface area contributed by atoms with Gasteiger partial charge in [0.15, 0.2) is 5.76 Å². The Bertz CT molecular complexity index is 988. The quantitative estimate of drug-likeness (QED) is 0.475. The first-order valence-corrected chi connectivity index (χ1v) is 9.50. The molecule has 4 rings (SSSR count). The second-order valence-corrected chi connectivity index (χ2v) is 7.04. The van der Waals surface area contributed by atoms with Crippen LogP contribution in [0.1, 0.15) is 19.4 Å². The largest absolute Gasteiger partial charge is 0.462 e. The minimum atomic E-state index is -1.21. The van der Waals surface area contributed by atoms with E-state index < -0.39 is 17.7 Å². The van der Waals surface area contributed by atoms with E-state index in [1.807, 2.05) is 12.1 Å². The van der Waals surface area contributed by atoms with Gasteiger partial charge in [-0.2, -0.15) is 0 Å². The van der Waals surface area contributed by atoms with Crippen LogP contribution in [0.5, 0.6) is 0 Å². The standard InChI is InChI=1S/C20H22N4O5/c1-12(2)28-20(26)16-17(25)15(29-19(16)23-24-6-8-27-9-7-24)10-13-11-22-18-14(13)4-3-5-21-18/h3-5,10-12,16H,6-9H2,1-2H3,(H,21,22)/b15-10-,23-19?. The fourth-order valence-electron chi connectivity index (χ4n) is 3.19. The third-order valence-corrected chi connectivity index (χ3v) is 4.55. The van der Waals surface area contributed by atoms with Crippen molar-refractivity contribution in [2.45, 2.75) is 20.0 Å². The van der Waals surface area contributed by atoms with Gasteiger partial charge in [-0.05, 0) is 32.1 Å². The average molecular weight is 398 g/mol. The SMILES string of the molecule is CC(C)OC(=O)C1C(=O)/C(=C/c2c[nH]c3ncccc23)OC1=NN1CCOCC1. The highest BCUT2D eigenvalue weighted by molar-refractivity contribution is 6.27. The van der Waals surface area contributed by atoms with Crippen LogP contribution in [0, 0.1) is 5.92 Å². The fraction of sp³-hybridized carbons (Fsp3) is 0.400. The fourth-order valence-corrected chi connectivity index (χ4v) is 3.19. The van der Waals surface area contributed by atoms with Crippen LogP contribution >= 0.6 is 0 Å². The van der Waals surface area contributed by atoms with E-state index in [0.717, 1.165) is 10.9 Å². The zero-order valence-electron chi connectivity index (χ0n) is 16.3. The molecule has 9 nitrogen and oxygen atoms in total. The van der Waals surface area contributed by atoms with E-state index in [0.29, 0.717) is 32.0 Å². The first kappa shape index (κ1) is 19.1. The molecule has 2 aliphatic rings. The molecule has 0 saturated carbocycles. The predicted molar refractivity (Wildman–Crippen MR) is 105 cm³/mol. The zero-order chi connectivity index (χ0) is 20.4. The molecule has 1 unspecified atom stereocenters. The second kappa shape index (κ2) is 8.04. The van der Waals surface area contributed by atoms with Gasteiger partial charge in [0.25, 0.3) is 0 Å². The van der Waals surface area contributed by atoms with Crippen LogP contribution in [0.3, 0.4) is 0 Å². The first-order valence-electron chi connectivity index (χ1n) is 9.50. The number of carbonyl (C=O) groups excluding carboxylic acids is 2. The van der Waals surface area contributed by atoms with Crippen LogP contribution in [-0.2, 0) is 23.8 Å². The lowest BCUT2D eigenvalue weighted by molar-refractivity contribution is -0.151. The van der Waals surface area contributed by atoms with Crippen LogP contribution in [0.4, 0.5) is 0 Å². The van der Waals surface area contributed by atoms with Gasteiger partial charge in [-0.3, -0.25) is 14.6 Å². The van der Waals surface area contributed by atoms with Gasteiger partial charge in [0.1, 0.15) is 5.65 Å². The van der Waals surface area contributed by atoms with Crippen LogP contribution in [0.25, 0.3) is 17.1 Å². The summed E-state index contributed by atoms with van der Waals surface area (Å²) in [5.41, 5.74) is 1.43. The Labute approximate surface area is 167 Å². The number of rotatable bonds is 4.